The third kappa shape index (κ3) is 2.84. The topological polar surface area (TPSA) is 49.4 Å². The lowest BCUT2D eigenvalue weighted by Crippen LogP contribution is -2.70. The van der Waals surface area contributed by atoms with Crippen molar-refractivity contribution >= 4 is 11.8 Å². The highest BCUT2D eigenvalue weighted by Crippen LogP contribution is 2.42. The Morgan fingerprint density at radius 2 is 2.00 bits per heavy atom. The molecule has 0 aromatic heterocycles. The van der Waals surface area contributed by atoms with Gasteiger partial charge in [0.15, 0.2) is 0 Å². The van der Waals surface area contributed by atoms with Crippen LogP contribution < -0.4 is 5.32 Å². The van der Waals surface area contributed by atoms with Crippen molar-refractivity contribution in [1.82, 2.24) is 10.2 Å². The molecule has 1 aliphatic carbocycles. The Hall–Kier alpha value is -1.06. The maximum Gasteiger partial charge on any atom is 0.249 e. The average molecular weight is 280 g/mol. The number of hydrogen-bond donors (Lipinski definition) is 1. The molecule has 1 heterocycles. The van der Waals surface area contributed by atoms with Gasteiger partial charge in [-0.05, 0) is 44.4 Å². The Bertz CT molecular complexity index is 390. The van der Waals surface area contributed by atoms with Crippen LogP contribution in [0, 0.1) is 11.8 Å². The number of nitrogens with zero attached hydrogens (tertiary/aromatic N) is 1. The van der Waals surface area contributed by atoms with Gasteiger partial charge in [-0.15, -0.1) is 0 Å². The average Bonchev–Trinajstić information content (AvgIpc) is 3.19. The van der Waals surface area contributed by atoms with Crippen LogP contribution in [0.4, 0.5) is 0 Å². The monoisotopic (exact) mass is 280 g/mol. The molecule has 0 radical (unpaired) electrons. The molecule has 4 heteroatoms. The molecule has 2 amide bonds. The Morgan fingerprint density at radius 1 is 1.35 bits per heavy atom. The van der Waals surface area contributed by atoms with Gasteiger partial charge in [-0.1, -0.05) is 27.2 Å². The van der Waals surface area contributed by atoms with Gasteiger partial charge in [-0.3, -0.25) is 9.59 Å². The molecule has 2 fully saturated rings. The number of nitrogens with one attached hydrogen (secondary N) is 1. The van der Waals surface area contributed by atoms with Crippen molar-refractivity contribution < 1.29 is 9.59 Å². The van der Waals surface area contributed by atoms with Crippen molar-refractivity contribution in [3.8, 4) is 0 Å². The SMILES string of the molecule is CCCC1C(=O)NC(C)(C2CC2)C(=O)N1CCC(C)C. The van der Waals surface area contributed by atoms with E-state index in [-0.39, 0.29) is 17.9 Å². The number of rotatable bonds is 6. The van der Waals surface area contributed by atoms with Crippen LogP contribution in [0.15, 0.2) is 0 Å². The minimum Gasteiger partial charge on any atom is -0.340 e. The fourth-order valence-corrected chi connectivity index (χ4v) is 3.13. The first-order valence-electron chi connectivity index (χ1n) is 8.03. The molecule has 20 heavy (non-hydrogen) atoms. The van der Waals surface area contributed by atoms with Crippen molar-refractivity contribution in [2.45, 2.75) is 71.4 Å². The maximum absolute atomic E-state index is 12.9. The van der Waals surface area contributed by atoms with E-state index in [1.165, 1.54) is 0 Å². The first kappa shape index (κ1) is 15.3. The quantitative estimate of drug-likeness (QED) is 0.812. The van der Waals surface area contributed by atoms with E-state index in [1.807, 2.05) is 11.8 Å². The summed E-state index contributed by atoms with van der Waals surface area (Å²) in [5.41, 5.74) is -0.654. The molecule has 0 aromatic rings. The van der Waals surface area contributed by atoms with Gasteiger partial charge in [0.2, 0.25) is 11.8 Å². The second-order valence-corrected chi connectivity index (χ2v) is 6.95. The molecule has 2 aliphatic rings. The molecule has 2 atom stereocenters. The van der Waals surface area contributed by atoms with Crippen LogP contribution in [0.5, 0.6) is 0 Å². The minimum absolute atomic E-state index is 0.0459. The van der Waals surface area contributed by atoms with Gasteiger partial charge in [0.25, 0.3) is 0 Å². The first-order valence-corrected chi connectivity index (χ1v) is 8.03. The first-order chi connectivity index (χ1) is 9.40. The van der Waals surface area contributed by atoms with Gasteiger partial charge in [0.1, 0.15) is 11.6 Å². The van der Waals surface area contributed by atoms with Crippen LogP contribution >= 0.6 is 0 Å². The van der Waals surface area contributed by atoms with Crippen molar-refractivity contribution in [2.24, 2.45) is 11.8 Å². The van der Waals surface area contributed by atoms with E-state index < -0.39 is 5.54 Å². The highest BCUT2D eigenvalue weighted by molar-refractivity contribution is 6.00. The van der Waals surface area contributed by atoms with Crippen LogP contribution in [0.1, 0.15) is 59.8 Å². The predicted molar refractivity (Wildman–Crippen MR) is 79.1 cm³/mol. The summed E-state index contributed by atoms with van der Waals surface area (Å²) in [4.78, 5) is 27.2. The fourth-order valence-electron chi connectivity index (χ4n) is 3.13. The predicted octanol–water partition coefficient (Wildman–Crippen LogP) is 2.33. The van der Waals surface area contributed by atoms with Crippen LogP contribution in [0.3, 0.4) is 0 Å². The Labute approximate surface area is 122 Å². The van der Waals surface area contributed by atoms with E-state index in [0.717, 1.165) is 32.1 Å². The molecule has 1 aliphatic heterocycles. The third-order valence-corrected chi connectivity index (χ3v) is 4.67. The molecular weight excluding hydrogens is 252 g/mol. The van der Waals surface area contributed by atoms with Crippen LogP contribution in [-0.2, 0) is 9.59 Å². The minimum atomic E-state index is -0.654. The second-order valence-electron chi connectivity index (χ2n) is 6.95. The summed E-state index contributed by atoms with van der Waals surface area (Å²) < 4.78 is 0. The molecule has 4 nitrogen and oxygen atoms in total. The molecule has 1 N–H and O–H groups in total. The van der Waals surface area contributed by atoms with Gasteiger partial charge in [0, 0.05) is 6.54 Å². The van der Waals surface area contributed by atoms with Crippen molar-refractivity contribution in [2.75, 3.05) is 6.54 Å². The maximum atomic E-state index is 12.9. The molecule has 2 unspecified atom stereocenters. The summed E-state index contributed by atoms with van der Waals surface area (Å²) in [5, 5.41) is 3.03. The molecule has 0 bridgehead atoms. The second kappa shape index (κ2) is 5.74. The smallest absolute Gasteiger partial charge is 0.249 e. The van der Waals surface area contributed by atoms with Crippen LogP contribution in [-0.4, -0.2) is 34.8 Å². The van der Waals surface area contributed by atoms with Gasteiger partial charge in [0.05, 0.1) is 0 Å². The van der Waals surface area contributed by atoms with E-state index in [0.29, 0.717) is 18.4 Å². The summed E-state index contributed by atoms with van der Waals surface area (Å²) in [7, 11) is 0. The lowest BCUT2D eigenvalue weighted by Gasteiger charge is -2.45. The molecule has 2 rings (SSSR count). The summed E-state index contributed by atoms with van der Waals surface area (Å²) in [5.74, 6) is 1.06. The number of amides is 2. The van der Waals surface area contributed by atoms with Gasteiger partial charge < -0.3 is 10.2 Å². The molecule has 114 valence electrons. The molecular formula is C16H28N2O2. The van der Waals surface area contributed by atoms with Crippen LogP contribution in [0.25, 0.3) is 0 Å². The largest absolute Gasteiger partial charge is 0.340 e. The molecule has 0 spiro atoms. The highest BCUT2D eigenvalue weighted by atomic mass is 16.2. The zero-order valence-corrected chi connectivity index (χ0v) is 13.2. The number of hydrogen-bond acceptors (Lipinski definition) is 2. The number of piperazine rings is 1. The van der Waals surface area contributed by atoms with Gasteiger partial charge in [-0.2, -0.15) is 0 Å². The summed E-state index contributed by atoms with van der Waals surface area (Å²) in [6, 6.07) is -0.266. The fraction of sp³-hybridized carbons (Fsp3) is 0.875. The van der Waals surface area contributed by atoms with Gasteiger partial charge in [-0.25, -0.2) is 0 Å². The Kier molecular flexibility index (Phi) is 4.40. The van der Waals surface area contributed by atoms with Crippen molar-refractivity contribution in [3.63, 3.8) is 0 Å². The van der Waals surface area contributed by atoms with Crippen LogP contribution in [0.2, 0.25) is 0 Å². The molecule has 1 saturated heterocycles. The molecule has 1 saturated carbocycles. The van der Waals surface area contributed by atoms with E-state index >= 15 is 0 Å². The number of carbonyl (C=O) groups is 2. The summed E-state index contributed by atoms with van der Waals surface area (Å²) in [6.45, 7) is 8.99. The zero-order valence-electron chi connectivity index (χ0n) is 13.2. The Morgan fingerprint density at radius 3 is 2.50 bits per heavy atom. The highest BCUT2D eigenvalue weighted by Gasteiger charge is 2.54. The van der Waals surface area contributed by atoms with Crippen molar-refractivity contribution in [3.05, 3.63) is 0 Å². The normalized spacial score (nSPS) is 30.9. The van der Waals surface area contributed by atoms with Crippen molar-refractivity contribution in [1.29, 1.82) is 0 Å². The van der Waals surface area contributed by atoms with E-state index in [1.54, 1.807) is 0 Å². The summed E-state index contributed by atoms with van der Waals surface area (Å²) >= 11 is 0. The van der Waals surface area contributed by atoms with E-state index in [2.05, 4.69) is 26.1 Å². The number of carbonyl (C=O) groups excluding carboxylic acids is 2. The Balaban J connectivity index is 2.18. The third-order valence-electron chi connectivity index (χ3n) is 4.67. The standard InChI is InChI=1S/C16H28N2O2/c1-5-6-13-14(19)17-16(4,12-7-8-12)15(20)18(13)10-9-11(2)3/h11-13H,5-10H2,1-4H3,(H,17,19). The lowest BCUT2D eigenvalue weighted by atomic mass is 9.88. The summed E-state index contributed by atoms with van der Waals surface area (Å²) in [6.07, 6.45) is 4.75. The van der Waals surface area contributed by atoms with E-state index in [4.69, 9.17) is 0 Å². The lowest BCUT2D eigenvalue weighted by molar-refractivity contribution is -0.155. The molecule has 0 aromatic carbocycles. The van der Waals surface area contributed by atoms with Gasteiger partial charge >= 0.3 is 0 Å². The van der Waals surface area contributed by atoms with E-state index in [9.17, 15) is 9.59 Å². The zero-order chi connectivity index (χ0) is 14.9.